The minimum absolute atomic E-state index is 0.301. The van der Waals surface area contributed by atoms with Crippen LogP contribution < -0.4 is 0 Å². The minimum Gasteiger partial charge on any atom is -0.344 e. The zero-order valence-corrected chi connectivity index (χ0v) is 33.3. The van der Waals surface area contributed by atoms with Gasteiger partial charge in [0, 0.05) is 19.3 Å². The van der Waals surface area contributed by atoms with E-state index in [0.29, 0.717) is 12.2 Å². The van der Waals surface area contributed by atoms with Crippen molar-refractivity contribution in [3.63, 3.8) is 0 Å². The van der Waals surface area contributed by atoms with Crippen LogP contribution in [0.3, 0.4) is 0 Å². The third-order valence-electron chi connectivity index (χ3n) is 10.4. The van der Waals surface area contributed by atoms with Gasteiger partial charge in [0.05, 0.1) is 67.6 Å². The Hall–Kier alpha value is -0.160. The lowest BCUT2D eigenvalue weighted by Crippen LogP contribution is -2.38. The molecule has 0 saturated carbocycles. The molecule has 1 aliphatic heterocycles. The van der Waals surface area contributed by atoms with Crippen molar-refractivity contribution in [2.45, 2.75) is 218 Å². The number of hydrogen-bond acceptors (Lipinski definition) is 2. The van der Waals surface area contributed by atoms with Gasteiger partial charge in [0.25, 0.3) is 0 Å². The van der Waals surface area contributed by atoms with Gasteiger partial charge >= 0.3 is 0 Å². The van der Waals surface area contributed by atoms with Gasteiger partial charge in [-0.15, -0.1) is 0 Å². The maximum atomic E-state index is 7.12. The van der Waals surface area contributed by atoms with E-state index in [4.69, 9.17) is 9.47 Å². The lowest BCUT2D eigenvalue weighted by molar-refractivity contribution is -0.870. The average Bonchev–Trinajstić information content (AvgIpc) is 3.32. The van der Waals surface area contributed by atoms with E-state index in [1.165, 1.54) is 186 Å². The highest BCUT2D eigenvalue weighted by Crippen LogP contribution is 2.41. The summed E-state index contributed by atoms with van der Waals surface area (Å²) >= 11 is 0. The van der Waals surface area contributed by atoms with Crippen LogP contribution in [0, 0.1) is 0 Å². The molecule has 3 atom stereocenters. The summed E-state index contributed by atoms with van der Waals surface area (Å²) in [4.78, 5) is 0. The van der Waals surface area contributed by atoms with Gasteiger partial charge in [0.2, 0.25) is 0 Å². The molecule has 0 amide bonds. The average molecular weight is 653 g/mol. The molecule has 46 heavy (non-hydrogen) atoms. The summed E-state index contributed by atoms with van der Waals surface area (Å²) in [5.74, 6) is -0.337. The van der Waals surface area contributed by atoms with Crippen LogP contribution in [0.5, 0.6) is 0 Å². The second-order valence-corrected chi connectivity index (χ2v) is 17.5. The molecule has 1 rings (SSSR count). The number of nitrogens with zero attached hydrogens (tertiary/aromatic N) is 2. The molecule has 1 saturated heterocycles. The summed E-state index contributed by atoms with van der Waals surface area (Å²) in [7, 11) is 13.9. The van der Waals surface area contributed by atoms with Crippen LogP contribution in [-0.2, 0) is 9.47 Å². The Bertz CT molecular complexity index is 670. The van der Waals surface area contributed by atoms with Gasteiger partial charge in [0.15, 0.2) is 5.79 Å². The summed E-state index contributed by atoms with van der Waals surface area (Å²) in [5.41, 5.74) is 0. The van der Waals surface area contributed by atoms with Crippen molar-refractivity contribution in [3.8, 4) is 0 Å². The van der Waals surface area contributed by atoms with E-state index in [0.717, 1.165) is 21.8 Å². The molecule has 0 bridgehead atoms. The summed E-state index contributed by atoms with van der Waals surface area (Å²) in [5, 5.41) is 0. The lowest BCUT2D eigenvalue weighted by Gasteiger charge is -2.31. The van der Waals surface area contributed by atoms with Crippen molar-refractivity contribution < 1.29 is 18.4 Å². The molecule has 0 aromatic carbocycles. The molecule has 1 aliphatic rings. The van der Waals surface area contributed by atoms with E-state index in [9.17, 15) is 0 Å². The largest absolute Gasteiger partial charge is 0.344 e. The smallest absolute Gasteiger partial charge is 0.169 e. The zero-order valence-electron chi connectivity index (χ0n) is 33.3. The highest BCUT2D eigenvalue weighted by Gasteiger charge is 2.46. The van der Waals surface area contributed by atoms with Crippen molar-refractivity contribution in [2.75, 3.05) is 55.4 Å². The van der Waals surface area contributed by atoms with Gasteiger partial charge in [0.1, 0.15) is 0 Å². The lowest BCUT2D eigenvalue weighted by atomic mass is 9.99. The fraction of sp³-hybridized carbons (Fsp3) is 1.00. The fourth-order valence-corrected chi connectivity index (χ4v) is 7.40. The summed E-state index contributed by atoms with van der Waals surface area (Å²) in [6, 6.07) is 0. The van der Waals surface area contributed by atoms with Crippen molar-refractivity contribution >= 4 is 0 Å². The summed E-state index contributed by atoms with van der Waals surface area (Å²) in [6.45, 7) is 7.10. The van der Waals surface area contributed by atoms with Crippen LogP contribution in [0.1, 0.15) is 200 Å². The highest BCUT2D eigenvalue weighted by atomic mass is 16.8. The molecular formula is C42H88N2O2+2. The number of hydrogen-bond donors (Lipinski definition) is 0. The van der Waals surface area contributed by atoms with Crippen molar-refractivity contribution in [2.24, 2.45) is 0 Å². The first-order valence-electron chi connectivity index (χ1n) is 21.0. The van der Waals surface area contributed by atoms with Crippen molar-refractivity contribution in [1.82, 2.24) is 0 Å². The molecule has 0 spiro atoms. The van der Waals surface area contributed by atoms with Gasteiger partial charge in [-0.2, -0.15) is 0 Å². The van der Waals surface area contributed by atoms with Crippen molar-refractivity contribution in [1.29, 1.82) is 0 Å². The first kappa shape index (κ1) is 43.9. The van der Waals surface area contributed by atoms with E-state index < -0.39 is 0 Å². The Morgan fingerprint density at radius 1 is 0.370 bits per heavy atom. The number of unbranched alkanes of at least 4 members (excludes halogenated alkanes) is 21. The van der Waals surface area contributed by atoms with E-state index in [2.05, 4.69) is 56.1 Å². The minimum atomic E-state index is -0.337. The van der Waals surface area contributed by atoms with Gasteiger partial charge in [-0.25, -0.2) is 0 Å². The normalized spacial score (nSPS) is 20.6. The predicted molar refractivity (Wildman–Crippen MR) is 204 cm³/mol. The van der Waals surface area contributed by atoms with E-state index >= 15 is 0 Å². The van der Waals surface area contributed by atoms with Crippen LogP contribution in [0.15, 0.2) is 0 Å². The number of ether oxygens (including phenoxy) is 2. The second kappa shape index (κ2) is 26.7. The number of rotatable bonds is 33. The van der Waals surface area contributed by atoms with E-state index in [-0.39, 0.29) is 5.79 Å². The van der Waals surface area contributed by atoms with Crippen LogP contribution in [-0.4, -0.2) is 82.3 Å². The Labute approximate surface area is 291 Å². The van der Waals surface area contributed by atoms with Crippen LogP contribution in [0.25, 0.3) is 0 Å². The molecule has 0 aromatic heterocycles. The first-order valence-corrected chi connectivity index (χ1v) is 21.0. The Morgan fingerprint density at radius 2 is 0.674 bits per heavy atom. The molecule has 0 aromatic rings. The van der Waals surface area contributed by atoms with Crippen LogP contribution >= 0.6 is 0 Å². The molecule has 1 unspecified atom stereocenters. The van der Waals surface area contributed by atoms with Gasteiger partial charge in [-0.05, 0) is 32.1 Å². The van der Waals surface area contributed by atoms with Gasteiger partial charge in [-0.3, -0.25) is 0 Å². The SMILES string of the molecule is CCCCCCCCCCCCCCC1(CCC[N+](C)(C)C)O[C@@H](CCCCCCCC)[C@H](CCCCCCCC[N+](C)(C)C)O1. The topological polar surface area (TPSA) is 18.5 Å². The van der Waals surface area contributed by atoms with E-state index in [1.807, 2.05) is 0 Å². The standard InChI is InChI=1S/C42H88N2O2/c1-9-11-13-15-17-18-19-20-21-23-27-31-36-42(37-33-39-44(6,7)8)45-40(34-29-25-16-14-12-10-2)41(46-42)35-30-26-22-24-28-32-38-43(3,4)5/h40-41H,9-39H2,1-8H3/q+2/t40-,41-,42?/m0/s1. The summed E-state index contributed by atoms with van der Waals surface area (Å²) < 4.78 is 16.4. The Kier molecular flexibility index (Phi) is 25.4. The number of quaternary nitrogens is 2. The quantitative estimate of drug-likeness (QED) is 0.0519. The maximum absolute atomic E-state index is 7.12. The second-order valence-electron chi connectivity index (χ2n) is 17.5. The van der Waals surface area contributed by atoms with Crippen LogP contribution in [0.4, 0.5) is 0 Å². The molecule has 0 aliphatic carbocycles. The van der Waals surface area contributed by atoms with Crippen LogP contribution in [0.2, 0.25) is 0 Å². The highest BCUT2D eigenvalue weighted by molar-refractivity contribution is 4.87. The zero-order chi connectivity index (χ0) is 34.0. The first-order chi connectivity index (χ1) is 22.0. The maximum Gasteiger partial charge on any atom is 0.169 e. The molecule has 0 N–H and O–H groups in total. The molecule has 276 valence electrons. The predicted octanol–water partition coefficient (Wildman–Crippen LogP) is 12.2. The Morgan fingerprint density at radius 3 is 1.07 bits per heavy atom. The van der Waals surface area contributed by atoms with E-state index in [1.54, 1.807) is 0 Å². The fourth-order valence-electron chi connectivity index (χ4n) is 7.40. The molecule has 4 heteroatoms. The summed E-state index contributed by atoms with van der Waals surface area (Å²) in [6.07, 6.45) is 39.4. The van der Waals surface area contributed by atoms with Crippen molar-refractivity contribution in [3.05, 3.63) is 0 Å². The van der Waals surface area contributed by atoms with Gasteiger partial charge in [-0.1, -0.05) is 149 Å². The molecule has 1 fully saturated rings. The third-order valence-corrected chi connectivity index (χ3v) is 10.4. The third kappa shape index (κ3) is 24.9. The molecule has 1 heterocycles. The molecular weight excluding hydrogens is 564 g/mol. The Balaban J connectivity index is 2.61. The van der Waals surface area contributed by atoms with Gasteiger partial charge < -0.3 is 18.4 Å². The monoisotopic (exact) mass is 653 g/mol. The molecule has 0 radical (unpaired) electrons. The molecule has 4 nitrogen and oxygen atoms in total.